The Bertz CT molecular complexity index is 507. The van der Waals surface area contributed by atoms with Crippen molar-refractivity contribution in [2.75, 3.05) is 0 Å². The number of pyridine rings is 1. The van der Waals surface area contributed by atoms with Crippen LogP contribution in [0.5, 0.6) is 0 Å². The van der Waals surface area contributed by atoms with E-state index in [1.54, 1.807) is 0 Å². The Morgan fingerprint density at radius 1 is 0.812 bits per heavy atom. The first kappa shape index (κ1) is 10.9. The van der Waals surface area contributed by atoms with E-state index >= 15 is 0 Å². The normalized spacial score (nSPS) is 10.5. The van der Waals surface area contributed by atoms with Crippen molar-refractivity contribution in [1.82, 2.24) is 0 Å². The standard InChI is InChI=1S/C15H18N/c1-11-7-5-8-12(2)15(11)14-10-6-9-13(3)16(14)4/h5-10H,1-4H3/q+1. The van der Waals surface area contributed by atoms with E-state index in [9.17, 15) is 0 Å². The molecule has 0 radical (unpaired) electrons. The van der Waals surface area contributed by atoms with Crippen LogP contribution in [-0.2, 0) is 7.05 Å². The first-order valence-corrected chi connectivity index (χ1v) is 5.63. The second-order valence-corrected chi connectivity index (χ2v) is 4.38. The Hall–Kier alpha value is -1.63. The highest BCUT2D eigenvalue weighted by Gasteiger charge is 2.15. The zero-order chi connectivity index (χ0) is 11.7. The highest BCUT2D eigenvalue weighted by Crippen LogP contribution is 2.24. The Balaban J connectivity index is 2.73. The first-order chi connectivity index (χ1) is 7.61. The Labute approximate surface area is 97.4 Å². The van der Waals surface area contributed by atoms with Gasteiger partial charge in [-0.2, -0.15) is 4.57 Å². The highest BCUT2D eigenvalue weighted by atomic mass is 14.9. The van der Waals surface area contributed by atoms with Gasteiger partial charge in [0, 0.05) is 19.1 Å². The average Bonchev–Trinajstić information content (AvgIpc) is 2.24. The molecule has 0 unspecified atom stereocenters. The van der Waals surface area contributed by atoms with Crippen LogP contribution in [0, 0.1) is 20.8 Å². The maximum Gasteiger partial charge on any atom is 0.212 e. The average molecular weight is 212 g/mol. The van der Waals surface area contributed by atoms with Gasteiger partial charge in [0.2, 0.25) is 5.69 Å². The molecule has 0 saturated heterocycles. The van der Waals surface area contributed by atoms with Gasteiger partial charge in [-0.1, -0.05) is 18.2 Å². The van der Waals surface area contributed by atoms with Crippen LogP contribution in [-0.4, -0.2) is 0 Å². The van der Waals surface area contributed by atoms with Crippen molar-refractivity contribution in [3.63, 3.8) is 0 Å². The summed E-state index contributed by atoms with van der Waals surface area (Å²) in [5.74, 6) is 0. The first-order valence-electron chi connectivity index (χ1n) is 5.63. The number of aryl methyl sites for hydroxylation is 3. The smallest absolute Gasteiger partial charge is 0.199 e. The molecule has 0 amide bonds. The van der Waals surface area contributed by atoms with Gasteiger partial charge in [0.15, 0.2) is 5.69 Å². The van der Waals surface area contributed by atoms with Crippen molar-refractivity contribution >= 4 is 0 Å². The molecular weight excluding hydrogens is 194 g/mol. The molecule has 0 bridgehead atoms. The van der Waals surface area contributed by atoms with Crippen molar-refractivity contribution in [1.29, 1.82) is 0 Å². The largest absolute Gasteiger partial charge is 0.212 e. The monoisotopic (exact) mass is 212 g/mol. The quantitative estimate of drug-likeness (QED) is 0.639. The molecule has 1 aromatic carbocycles. The molecular formula is C15H18N+. The van der Waals surface area contributed by atoms with Gasteiger partial charge in [-0.25, -0.2) is 0 Å². The summed E-state index contributed by atoms with van der Waals surface area (Å²) in [6.45, 7) is 6.48. The van der Waals surface area contributed by atoms with E-state index in [0.29, 0.717) is 0 Å². The van der Waals surface area contributed by atoms with Crippen LogP contribution in [0.2, 0.25) is 0 Å². The van der Waals surface area contributed by atoms with Crippen LogP contribution in [0.25, 0.3) is 11.3 Å². The lowest BCUT2D eigenvalue weighted by atomic mass is 9.99. The van der Waals surface area contributed by atoms with E-state index in [-0.39, 0.29) is 0 Å². The number of hydrogen-bond acceptors (Lipinski definition) is 0. The molecule has 1 heterocycles. The molecule has 1 heteroatoms. The molecule has 0 aliphatic rings. The summed E-state index contributed by atoms with van der Waals surface area (Å²) in [5.41, 5.74) is 6.59. The summed E-state index contributed by atoms with van der Waals surface area (Å²) in [6.07, 6.45) is 0. The van der Waals surface area contributed by atoms with E-state index in [1.807, 2.05) is 0 Å². The molecule has 2 aromatic rings. The fourth-order valence-electron chi connectivity index (χ4n) is 2.16. The van der Waals surface area contributed by atoms with Crippen LogP contribution in [0.3, 0.4) is 0 Å². The lowest BCUT2D eigenvalue weighted by molar-refractivity contribution is -0.666. The summed E-state index contributed by atoms with van der Waals surface area (Å²) in [4.78, 5) is 0. The number of hydrogen-bond donors (Lipinski definition) is 0. The highest BCUT2D eigenvalue weighted by molar-refractivity contribution is 5.65. The van der Waals surface area contributed by atoms with Gasteiger partial charge in [-0.05, 0) is 31.0 Å². The van der Waals surface area contributed by atoms with Gasteiger partial charge in [-0.3, -0.25) is 0 Å². The molecule has 1 aromatic heterocycles. The van der Waals surface area contributed by atoms with Gasteiger partial charge >= 0.3 is 0 Å². The Morgan fingerprint density at radius 2 is 1.38 bits per heavy atom. The molecule has 0 N–H and O–H groups in total. The van der Waals surface area contributed by atoms with Crippen molar-refractivity contribution < 1.29 is 4.57 Å². The van der Waals surface area contributed by atoms with Crippen LogP contribution < -0.4 is 4.57 Å². The van der Waals surface area contributed by atoms with E-state index in [1.165, 1.54) is 28.1 Å². The van der Waals surface area contributed by atoms with Crippen LogP contribution in [0.4, 0.5) is 0 Å². The zero-order valence-corrected chi connectivity index (χ0v) is 10.4. The molecule has 16 heavy (non-hydrogen) atoms. The van der Waals surface area contributed by atoms with Crippen LogP contribution in [0.1, 0.15) is 16.8 Å². The van der Waals surface area contributed by atoms with Gasteiger partial charge < -0.3 is 0 Å². The third kappa shape index (κ3) is 1.73. The minimum atomic E-state index is 1.28. The predicted octanol–water partition coefficient (Wildman–Crippen LogP) is 3.10. The van der Waals surface area contributed by atoms with E-state index in [4.69, 9.17) is 0 Å². The van der Waals surface area contributed by atoms with Gasteiger partial charge in [-0.15, -0.1) is 0 Å². The molecule has 0 atom stereocenters. The summed E-state index contributed by atoms with van der Waals surface area (Å²) >= 11 is 0. The topological polar surface area (TPSA) is 3.88 Å². The second kappa shape index (κ2) is 4.09. The van der Waals surface area contributed by atoms with Gasteiger partial charge in [0.25, 0.3) is 0 Å². The van der Waals surface area contributed by atoms with Crippen LogP contribution >= 0.6 is 0 Å². The van der Waals surface area contributed by atoms with Gasteiger partial charge in [0.1, 0.15) is 7.05 Å². The van der Waals surface area contributed by atoms with Crippen molar-refractivity contribution in [3.8, 4) is 11.3 Å². The minimum Gasteiger partial charge on any atom is -0.199 e. The van der Waals surface area contributed by atoms with Crippen molar-refractivity contribution in [2.45, 2.75) is 20.8 Å². The van der Waals surface area contributed by atoms with E-state index in [0.717, 1.165) is 0 Å². The maximum absolute atomic E-state index is 2.25. The number of nitrogens with zero attached hydrogens (tertiary/aromatic N) is 1. The van der Waals surface area contributed by atoms with Crippen molar-refractivity contribution in [3.05, 3.63) is 53.2 Å². The van der Waals surface area contributed by atoms with Gasteiger partial charge in [0.05, 0.1) is 5.56 Å². The number of rotatable bonds is 1. The summed E-state index contributed by atoms with van der Waals surface area (Å²) in [6, 6.07) is 12.9. The second-order valence-electron chi connectivity index (χ2n) is 4.38. The minimum absolute atomic E-state index is 1.28. The molecule has 2 rings (SSSR count). The molecule has 82 valence electrons. The molecule has 0 aliphatic heterocycles. The molecule has 0 aliphatic carbocycles. The Morgan fingerprint density at radius 3 is 2.00 bits per heavy atom. The van der Waals surface area contributed by atoms with Crippen LogP contribution in [0.15, 0.2) is 36.4 Å². The molecule has 1 nitrogen and oxygen atoms in total. The summed E-state index contributed by atoms with van der Waals surface area (Å²) < 4.78 is 2.25. The molecule has 0 spiro atoms. The lowest BCUT2D eigenvalue weighted by Gasteiger charge is -2.08. The fourth-order valence-corrected chi connectivity index (χ4v) is 2.16. The molecule has 0 fully saturated rings. The Kier molecular flexibility index (Phi) is 2.78. The summed E-state index contributed by atoms with van der Waals surface area (Å²) in [7, 11) is 2.12. The number of aromatic nitrogens is 1. The van der Waals surface area contributed by atoms with E-state index < -0.39 is 0 Å². The van der Waals surface area contributed by atoms with E-state index in [2.05, 4.69) is 68.8 Å². The fraction of sp³-hybridized carbons (Fsp3) is 0.267. The number of benzene rings is 1. The maximum atomic E-state index is 2.25. The summed E-state index contributed by atoms with van der Waals surface area (Å²) in [5, 5.41) is 0. The lowest BCUT2D eigenvalue weighted by Crippen LogP contribution is -2.34. The third-order valence-corrected chi connectivity index (χ3v) is 3.22. The van der Waals surface area contributed by atoms with Crippen molar-refractivity contribution in [2.24, 2.45) is 7.05 Å². The SMILES string of the molecule is Cc1cccc(C)c1-c1cccc(C)[n+]1C. The third-order valence-electron chi connectivity index (χ3n) is 3.22. The zero-order valence-electron chi connectivity index (χ0n) is 10.4. The predicted molar refractivity (Wildman–Crippen MR) is 67.3 cm³/mol. The molecule has 0 saturated carbocycles.